The number of nitrogens with one attached hydrogen (secondary N) is 1. The number of nitrogens with zero attached hydrogens (tertiary/aromatic N) is 1. The highest BCUT2D eigenvalue weighted by molar-refractivity contribution is 6.30. The Morgan fingerprint density at radius 2 is 1.95 bits per heavy atom. The second-order valence-electron chi connectivity index (χ2n) is 6.31. The normalized spacial score (nSPS) is 19.4. The van der Waals surface area contributed by atoms with Gasteiger partial charge in [-0.3, -0.25) is 0 Å². The summed E-state index contributed by atoms with van der Waals surface area (Å²) in [4.78, 5) is 2.57. The van der Waals surface area contributed by atoms with E-state index in [0.29, 0.717) is 18.1 Å². The van der Waals surface area contributed by atoms with Gasteiger partial charge in [0.15, 0.2) is 0 Å². The maximum atomic E-state index is 6.04. The summed E-state index contributed by atoms with van der Waals surface area (Å²) < 4.78 is 0. The van der Waals surface area contributed by atoms with Gasteiger partial charge in [0.2, 0.25) is 0 Å². The number of hydrogen-bond donors (Lipinski definition) is 1. The van der Waals surface area contributed by atoms with Crippen molar-refractivity contribution >= 4 is 11.6 Å². The van der Waals surface area contributed by atoms with E-state index >= 15 is 0 Å². The van der Waals surface area contributed by atoms with E-state index in [4.69, 9.17) is 11.6 Å². The molecule has 1 aliphatic rings. The summed E-state index contributed by atoms with van der Waals surface area (Å²) in [7, 11) is 0. The van der Waals surface area contributed by atoms with Crippen LogP contribution < -0.4 is 5.32 Å². The van der Waals surface area contributed by atoms with Gasteiger partial charge in [-0.1, -0.05) is 23.7 Å². The van der Waals surface area contributed by atoms with E-state index in [2.05, 4.69) is 43.1 Å². The summed E-state index contributed by atoms with van der Waals surface area (Å²) in [5, 5.41) is 4.61. The largest absolute Gasteiger partial charge is 0.311 e. The van der Waals surface area contributed by atoms with Crippen molar-refractivity contribution in [3.05, 3.63) is 34.9 Å². The molecule has 1 heterocycles. The average Bonchev–Trinajstić information content (AvgIpc) is 2.39. The molecule has 3 heteroatoms. The third-order valence-corrected chi connectivity index (χ3v) is 4.45. The second kappa shape index (κ2) is 7.44. The van der Waals surface area contributed by atoms with E-state index in [1.165, 1.54) is 31.5 Å². The zero-order valence-corrected chi connectivity index (χ0v) is 13.7. The number of halogens is 1. The molecule has 112 valence electrons. The van der Waals surface area contributed by atoms with E-state index < -0.39 is 0 Å². The Hall–Kier alpha value is -0.570. The van der Waals surface area contributed by atoms with Gasteiger partial charge in [0.25, 0.3) is 0 Å². The lowest BCUT2D eigenvalue weighted by Crippen LogP contribution is -2.47. The number of hydrogen-bond acceptors (Lipinski definition) is 2. The van der Waals surface area contributed by atoms with E-state index in [0.717, 1.165) is 11.4 Å². The fourth-order valence-electron chi connectivity index (χ4n) is 3.06. The molecule has 0 spiro atoms. The lowest BCUT2D eigenvalue weighted by atomic mass is 10.0. The van der Waals surface area contributed by atoms with Crippen LogP contribution in [0.25, 0.3) is 0 Å². The molecule has 0 amide bonds. The molecule has 1 unspecified atom stereocenters. The van der Waals surface area contributed by atoms with Crippen molar-refractivity contribution < 1.29 is 0 Å². The highest BCUT2D eigenvalue weighted by Gasteiger charge is 2.21. The highest BCUT2D eigenvalue weighted by Crippen LogP contribution is 2.15. The molecule has 1 N–H and O–H groups in total. The van der Waals surface area contributed by atoms with Gasteiger partial charge in [-0.2, -0.15) is 0 Å². The maximum Gasteiger partial charge on any atom is 0.0408 e. The number of benzene rings is 1. The molecular formula is C17H27ClN2. The molecule has 1 atom stereocenters. The molecule has 1 aromatic rings. The van der Waals surface area contributed by atoms with Crippen molar-refractivity contribution in [1.82, 2.24) is 10.2 Å². The van der Waals surface area contributed by atoms with Crippen LogP contribution in [0.5, 0.6) is 0 Å². The predicted octanol–water partition coefficient (Wildman–Crippen LogP) is 3.73. The first kappa shape index (κ1) is 15.8. The van der Waals surface area contributed by atoms with Gasteiger partial charge in [-0.15, -0.1) is 0 Å². The zero-order chi connectivity index (χ0) is 14.5. The Morgan fingerprint density at radius 3 is 2.55 bits per heavy atom. The van der Waals surface area contributed by atoms with Gasteiger partial charge in [0, 0.05) is 23.1 Å². The van der Waals surface area contributed by atoms with Crippen molar-refractivity contribution in [3.8, 4) is 0 Å². The summed E-state index contributed by atoms with van der Waals surface area (Å²) in [5.41, 5.74) is 1.32. The number of likely N-dealkylation sites (tertiary alicyclic amines) is 1. The summed E-state index contributed by atoms with van der Waals surface area (Å²) in [6.07, 6.45) is 3.57. The van der Waals surface area contributed by atoms with Crippen molar-refractivity contribution in [2.24, 2.45) is 0 Å². The molecule has 20 heavy (non-hydrogen) atoms. The maximum absolute atomic E-state index is 6.04. The van der Waals surface area contributed by atoms with Gasteiger partial charge < -0.3 is 10.2 Å². The van der Waals surface area contributed by atoms with Crippen LogP contribution in [0, 0.1) is 0 Å². The third-order valence-electron chi connectivity index (χ3n) is 4.21. The molecule has 0 aromatic heterocycles. The molecule has 0 radical (unpaired) electrons. The third kappa shape index (κ3) is 4.76. The standard InChI is InChI=1S/C17H27ClN2/c1-13(2)20-9-7-17(8-10-20)19-14(3)11-15-5-4-6-16(18)12-15/h4-6,12-14,17,19H,7-11H2,1-3H3. The van der Waals surface area contributed by atoms with Crippen LogP contribution in [0.15, 0.2) is 24.3 Å². The average molecular weight is 295 g/mol. The van der Waals surface area contributed by atoms with Crippen LogP contribution in [0.1, 0.15) is 39.2 Å². The fraction of sp³-hybridized carbons (Fsp3) is 0.647. The Balaban J connectivity index is 1.77. The predicted molar refractivity (Wildman–Crippen MR) is 87.5 cm³/mol. The van der Waals surface area contributed by atoms with E-state index in [9.17, 15) is 0 Å². The smallest absolute Gasteiger partial charge is 0.0408 e. The van der Waals surface area contributed by atoms with Crippen LogP contribution in [0.3, 0.4) is 0 Å². The Bertz CT molecular complexity index is 411. The Kier molecular flexibility index (Phi) is 5.88. The quantitative estimate of drug-likeness (QED) is 0.890. The second-order valence-corrected chi connectivity index (χ2v) is 6.74. The summed E-state index contributed by atoms with van der Waals surface area (Å²) in [5.74, 6) is 0. The van der Waals surface area contributed by atoms with Crippen molar-refractivity contribution in [2.45, 2.75) is 58.2 Å². The minimum Gasteiger partial charge on any atom is -0.311 e. The molecule has 2 nitrogen and oxygen atoms in total. The molecule has 1 saturated heterocycles. The Labute approximate surface area is 128 Å². The van der Waals surface area contributed by atoms with Crippen LogP contribution in [0.4, 0.5) is 0 Å². The lowest BCUT2D eigenvalue weighted by molar-refractivity contribution is 0.157. The van der Waals surface area contributed by atoms with Crippen LogP contribution in [-0.4, -0.2) is 36.1 Å². The molecule has 1 aliphatic heterocycles. The van der Waals surface area contributed by atoms with Gasteiger partial charge in [0.05, 0.1) is 0 Å². The molecule has 0 bridgehead atoms. The lowest BCUT2D eigenvalue weighted by Gasteiger charge is -2.36. The number of rotatable bonds is 5. The van der Waals surface area contributed by atoms with Gasteiger partial charge in [-0.25, -0.2) is 0 Å². The van der Waals surface area contributed by atoms with E-state index in [1.54, 1.807) is 0 Å². The minimum atomic E-state index is 0.504. The molecule has 2 rings (SSSR count). The van der Waals surface area contributed by atoms with Crippen LogP contribution in [-0.2, 0) is 6.42 Å². The molecule has 0 aliphatic carbocycles. The highest BCUT2D eigenvalue weighted by atomic mass is 35.5. The zero-order valence-electron chi connectivity index (χ0n) is 12.9. The summed E-state index contributed by atoms with van der Waals surface area (Å²) in [6.45, 7) is 9.29. The van der Waals surface area contributed by atoms with Crippen molar-refractivity contribution in [3.63, 3.8) is 0 Å². The van der Waals surface area contributed by atoms with E-state index in [-0.39, 0.29) is 0 Å². The summed E-state index contributed by atoms with van der Waals surface area (Å²) in [6, 6.07) is 10.0. The van der Waals surface area contributed by atoms with Crippen molar-refractivity contribution in [2.75, 3.05) is 13.1 Å². The van der Waals surface area contributed by atoms with Crippen LogP contribution in [0.2, 0.25) is 5.02 Å². The molecule has 0 saturated carbocycles. The molecule has 1 aromatic carbocycles. The first-order chi connectivity index (χ1) is 9.54. The van der Waals surface area contributed by atoms with Gasteiger partial charge in [-0.05, 0) is 70.8 Å². The fourth-order valence-corrected chi connectivity index (χ4v) is 3.27. The monoisotopic (exact) mass is 294 g/mol. The Morgan fingerprint density at radius 1 is 1.25 bits per heavy atom. The molecule has 1 fully saturated rings. The first-order valence-corrected chi connectivity index (χ1v) is 8.17. The first-order valence-electron chi connectivity index (χ1n) is 7.79. The topological polar surface area (TPSA) is 15.3 Å². The van der Waals surface area contributed by atoms with Gasteiger partial charge >= 0.3 is 0 Å². The number of piperidine rings is 1. The SMILES string of the molecule is CC(Cc1cccc(Cl)c1)NC1CCN(C(C)C)CC1. The summed E-state index contributed by atoms with van der Waals surface area (Å²) >= 11 is 6.04. The van der Waals surface area contributed by atoms with Crippen LogP contribution >= 0.6 is 11.6 Å². The minimum absolute atomic E-state index is 0.504. The van der Waals surface area contributed by atoms with E-state index in [1.807, 2.05) is 12.1 Å². The van der Waals surface area contributed by atoms with Gasteiger partial charge in [0.1, 0.15) is 0 Å². The van der Waals surface area contributed by atoms with Crippen molar-refractivity contribution in [1.29, 1.82) is 0 Å². The molecular weight excluding hydrogens is 268 g/mol.